The van der Waals surface area contributed by atoms with Gasteiger partial charge in [-0.1, -0.05) is 79.7 Å². The standard InChI is InChI=1S/C25H26O2/c1-3-24(20-10-6-4-7-11-20)25(21-12-8-5-9-13-21)22-14-16-23(17-15-22)27-18-19(2)26/h4-17,19,26H,3,18H2,1-2H3/b25-24+. The molecule has 3 aromatic rings. The van der Waals surface area contributed by atoms with Gasteiger partial charge in [-0.25, -0.2) is 0 Å². The van der Waals surface area contributed by atoms with Crippen LogP contribution >= 0.6 is 0 Å². The predicted molar refractivity (Wildman–Crippen MR) is 113 cm³/mol. The monoisotopic (exact) mass is 358 g/mol. The van der Waals surface area contributed by atoms with Crippen LogP contribution in [0.5, 0.6) is 5.75 Å². The Hall–Kier alpha value is -2.84. The fourth-order valence-electron chi connectivity index (χ4n) is 3.22. The van der Waals surface area contributed by atoms with Gasteiger partial charge in [-0.05, 0) is 53.3 Å². The molecule has 27 heavy (non-hydrogen) atoms. The first-order chi connectivity index (χ1) is 13.2. The number of rotatable bonds is 7. The minimum absolute atomic E-state index is 0.297. The van der Waals surface area contributed by atoms with E-state index in [1.54, 1.807) is 6.92 Å². The largest absolute Gasteiger partial charge is 0.491 e. The third-order valence-electron chi connectivity index (χ3n) is 4.47. The molecule has 0 spiro atoms. The molecule has 138 valence electrons. The summed E-state index contributed by atoms with van der Waals surface area (Å²) in [6, 6.07) is 29.2. The minimum atomic E-state index is -0.478. The second-order valence-electron chi connectivity index (χ2n) is 6.62. The molecular weight excluding hydrogens is 332 g/mol. The predicted octanol–water partition coefficient (Wildman–Crippen LogP) is 5.82. The average Bonchev–Trinajstić information content (AvgIpc) is 2.72. The molecule has 0 saturated carbocycles. The van der Waals surface area contributed by atoms with E-state index in [0.29, 0.717) is 6.61 Å². The number of aliphatic hydroxyl groups is 1. The first-order valence-electron chi connectivity index (χ1n) is 9.44. The normalized spacial score (nSPS) is 13.0. The van der Waals surface area contributed by atoms with Gasteiger partial charge in [0, 0.05) is 0 Å². The van der Waals surface area contributed by atoms with Crippen molar-refractivity contribution < 1.29 is 9.84 Å². The van der Waals surface area contributed by atoms with Crippen LogP contribution in [-0.2, 0) is 0 Å². The van der Waals surface area contributed by atoms with E-state index in [0.717, 1.165) is 17.7 Å². The van der Waals surface area contributed by atoms with Crippen LogP contribution < -0.4 is 4.74 Å². The fourth-order valence-corrected chi connectivity index (χ4v) is 3.22. The molecule has 0 aliphatic rings. The Morgan fingerprint density at radius 3 is 1.81 bits per heavy atom. The zero-order valence-electron chi connectivity index (χ0n) is 15.9. The molecule has 0 radical (unpaired) electrons. The summed E-state index contributed by atoms with van der Waals surface area (Å²) in [5, 5.41) is 9.40. The molecule has 0 aliphatic carbocycles. The van der Waals surface area contributed by atoms with E-state index in [-0.39, 0.29) is 0 Å². The Bertz CT molecular complexity index is 863. The van der Waals surface area contributed by atoms with Crippen LogP contribution in [0.3, 0.4) is 0 Å². The van der Waals surface area contributed by atoms with Crippen molar-refractivity contribution in [1.82, 2.24) is 0 Å². The van der Waals surface area contributed by atoms with Crippen LogP contribution in [0.25, 0.3) is 11.1 Å². The molecule has 0 fully saturated rings. The third kappa shape index (κ3) is 4.87. The van der Waals surface area contributed by atoms with Crippen LogP contribution in [0.1, 0.15) is 37.0 Å². The number of allylic oxidation sites excluding steroid dienone is 1. The van der Waals surface area contributed by atoms with Crippen molar-refractivity contribution in [1.29, 1.82) is 0 Å². The van der Waals surface area contributed by atoms with E-state index in [1.165, 1.54) is 22.3 Å². The molecule has 2 heteroatoms. The Balaban J connectivity index is 2.07. The lowest BCUT2D eigenvalue weighted by atomic mass is 9.88. The van der Waals surface area contributed by atoms with E-state index >= 15 is 0 Å². The molecule has 3 aromatic carbocycles. The molecule has 0 heterocycles. The molecule has 3 rings (SSSR count). The maximum absolute atomic E-state index is 9.40. The summed E-state index contributed by atoms with van der Waals surface area (Å²) in [5.41, 5.74) is 6.17. The highest BCUT2D eigenvalue weighted by Gasteiger charge is 2.13. The first-order valence-corrected chi connectivity index (χ1v) is 9.44. The van der Waals surface area contributed by atoms with Crippen LogP contribution in [0.15, 0.2) is 84.9 Å². The topological polar surface area (TPSA) is 29.5 Å². The average molecular weight is 358 g/mol. The summed E-state index contributed by atoms with van der Waals surface area (Å²) in [4.78, 5) is 0. The Morgan fingerprint density at radius 1 is 0.778 bits per heavy atom. The van der Waals surface area contributed by atoms with Crippen molar-refractivity contribution in [3.8, 4) is 5.75 Å². The maximum atomic E-state index is 9.40. The maximum Gasteiger partial charge on any atom is 0.119 e. The lowest BCUT2D eigenvalue weighted by Crippen LogP contribution is -2.12. The molecule has 2 nitrogen and oxygen atoms in total. The van der Waals surface area contributed by atoms with Gasteiger partial charge in [0.2, 0.25) is 0 Å². The second-order valence-corrected chi connectivity index (χ2v) is 6.62. The van der Waals surface area contributed by atoms with E-state index in [9.17, 15) is 5.11 Å². The highest BCUT2D eigenvalue weighted by Crippen LogP contribution is 2.34. The molecule has 1 unspecified atom stereocenters. The Kier molecular flexibility index (Phi) is 6.45. The second kappa shape index (κ2) is 9.20. The molecule has 1 N–H and O–H groups in total. The van der Waals surface area contributed by atoms with Gasteiger partial charge in [0.25, 0.3) is 0 Å². The minimum Gasteiger partial charge on any atom is -0.491 e. The number of benzene rings is 3. The lowest BCUT2D eigenvalue weighted by Gasteiger charge is -2.17. The molecule has 0 bridgehead atoms. The van der Waals surface area contributed by atoms with Gasteiger partial charge < -0.3 is 9.84 Å². The van der Waals surface area contributed by atoms with Crippen molar-refractivity contribution in [2.75, 3.05) is 6.61 Å². The summed E-state index contributed by atoms with van der Waals surface area (Å²) >= 11 is 0. The number of aliphatic hydroxyl groups excluding tert-OH is 1. The lowest BCUT2D eigenvalue weighted by molar-refractivity contribution is 0.123. The van der Waals surface area contributed by atoms with Crippen molar-refractivity contribution in [3.63, 3.8) is 0 Å². The first kappa shape index (κ1) is 18.9. The number of hydrogen-bond acceptors (Lipinski definition) is 2. The quantitative estimate of drug-likeness (QED) is 0.540. The number of ether oxygens (including phenoxy) is 1. The van der Waals surface area contributed by atoms with E-state index in [4.69, 9.17) is 4.74 Å². The Morgan fingerprint density at radius 2 is 1.30 bits per heavy atom. The van der Waals surface area contributed by atoms with Crippen molar-refractivity contribution in [2.45, 2.75) is 26.4 Å². The SMILES string of the molecule is CC/C(=C(/c1ccccc1)c1ccc(OCC(C)O)cc1)c1ccccc1. The number of hydrogen-bond donors (Lipinski definition) is 1. The van der Waals surface area contributed by atoms with E-state index in [1.807, 2.05) is 24.3 Å². The van der Waals surface area contributed by atoms with Gasteiger partial charge in [-0.2, -0.15) is 0 Å². The van der Waals surface area contributed by atoms with Crippen molar-refractivity contribution in [2.24, 2.45) is 0 Å². The van der Waals surface area contributed by atoms with Crippen LogP contribution in [-0.4, -0.2) is 17.8 Å². The van der Waals surface area contributed by atoms with E-state index < -0.39 is 6.10 Å². The molecule has 1 atom stereocenters. The molecular formula is C25H26O2. The Labute approximate surface area is 161 Å². The van der Waals surface area contributed by atoms with Gasteiger partial charge in [0.05, 0.1) is 6.10 Å². The molecule has 0 amide bonds. The van der Waals surface area contributed by atoms with Gasteiger partial charge in [0.15, 0.2) is 0 Å². The van der Waals surface area contributed by atoms with Crippen molar-refractivity contribution >= 4 is 11.1 Å². The van der Waals surface area contributed by atoms with E-state index in [2.05, 4.69) is 67.6 Å². The zero-order chi connectivity index (χ0) is 19.1. The summed E-state index contributed by atoms with van der Waals surface area (Å²) in [6.07, 6.45) is 0.461. The van der Waals surface area contributed by atoms with Crippen LogP contribution in [0.2, 0.25) is 0 Å². The zero-order valence-corrected chi connectivity index (χ0v) is 15.9. The van der Waals surface area contributed by atoms with Gasteiger partial charge in [-0.3, -0.25) is 0 Å². The van der Waals surface area contributed by atoms with Crippen molar-refractivity contribution in [3.05, 3.63) is 102 Å². The third-order valence-corrected chi connectivity index (χ3v) is 4.47. The smallest absolute Gasteiger partial charge is 0.119 e. The van der Waals surface area contributed by atoms with Crippen LogP contribution in [0, 0.1) is 0 Å². The highest BCUT2D eigenvalue weighted by atomic mass is 16.5. The van der Waals surface area contributed by atoms with Crippen LogP contribution in [0.4, 0.5) is 0 Å². The summed E-state index contributed by atoms with van der Waals surface area (Å²) in [6.45, 7) is 4.22. The molecule has 0 aromatic heterocycles. The summed E-state index contributed by atoms with van der Waals surface area (Å²) < 4.78 is 5.61. The highest BCUT2D eigenvalue weighted by molar-refractivity contribution is 5.98. The van der Waals surface area contributed by atoms with Gasteiger partial charge >= 0.3 is 0 Å². The molecule has 0 aliphatic heterocycles. The van der Waals surface area contributed by atoms with Gasteiger partial charge in [0.1, 0.15) is 12.4 Å². The molecule has 0 saturated heterocycles. The summed E-state index contributed by atoms with van der Waals surface area (Å²) in [5.74, 6) is 0.768. The summed E-state index contributed by atoms with van der Waals surface area (Å²) in [7, 11) is 0. The fraction of sp³-hybridized carbons (Fsp3) is 0.200. The van der Waals surface area contributed by atoms with Gasteiger partial charge in [-0.15, -0.1) is 0 Å².